The number of nitrogens with zero attached hydrogens (tertiary/aromatic N) is 3. The summed E-state index contributed by atoms with van der Waals surface area (Å²) >= 11 is 0. The third-order valence-corrected chi connectivity index (χ3v) is 7.33. The monoisotopic (exact) mass is 387 g/mol. The summed E-state index contributed by atoms with van der Waals surface area (Å²) in [5.74, 6) is 1.67. The van der Waals surface area contributed by atoms with Gasteiger partial charge in [-0.1, -0.05) is 12.1 Å². The van der Waals surface area contributed by atoms with E-state index in [1.165, 1.54) is 11.8 Å². The maximum atomic E-state index is 12.7. The lowest BCUT2D eigenvalue weighted by Gasteiger charge is -2.26. The van der Waals surface area contributed by atoms with Gasteiger partial charge in [0.2, 0.25) is 10.0 Å². The largest absolute Gasteiger partial charge is 0.497 e. The van der Waals surface area contributed by atoms with Crippen molar-refractivity contribution in [2.24, 2.45) is 0 Å². The zero-order chi connectivity index (χ0) is 18.9. The number of methoxy groups -OCH3 is 1. The molecule has 0 aliphatic carbocycles. The molecular formula is C20H25N3O3S. The van der Waals surface area contributed by atoms with E-state index in [4.69, 9.17) is 4.74 Å². The van der Waals surface area contributed by atoms with Crippen molar-refractivity contribution in [3.05, 3.63) is 48.2 Å². The number of rotatable bonds is 5. The Kier molecular flexibility index (Phi) is 5.06. The van der Waals surface area contributed by atoms with E-state index in [2.05, 4.69) is 22.0 Å². The van der Waals surface area contributed by atoms with Gasteiger partial charge < -0.3 is 9.64 Å². The molecule has 0 amide bonds. The number of sulfonamides is 1. The minimum atomic E-state index is -3.42. The molecule has 4 rings (SSSR count). The fourth-order valence-corrected chi connectivity index (χ4v) is 5.47. The van der Waals surface area contributed by atoms with Crippen LogP contribution in [0.15, 0.2) is 47.5 Å². The molecular weight excluding hydrogens is 362 g/mol. The van der Waals surface area contributed by atoms with E-state index < -0.39 is 10.0 Å². The second-order valence-corrected chi connectivity index (χ2v) is 9.03. The van der Waals surface area contributed by atoms with E-state index in [1.54, 1.807) is 17.5 Å². The van der Waals surface area contributed by atoms with Crippen LogP contribution in [-0.2, 0) is 10.0 Å². The number of benzene rings is 1. The molecule has 2 aromatic rings. The average molecular weight is 388 g/mol. The molecule has 0 radical (unpaired) electrons. The van der Waals surface area contributed by atoms with E-state index in [0.29, 0.717) is 13.1 Å². The molecule has 0 N–H and O–H groups in total. The summed E-state index contributed by atoms with van der Waals surface area (Å²) in [7, 11) is -1.74. The van der Waals surface area contributed by atoms with Crippen LogP contribution in [0.1, 0.15) is 37.3 Å². The maximum Gasteiger partial charge on any atom is 0.244 e. The predicted molar refractivity (Wildman–Crippen MR) is 105 cm³/mol. The number of anilines is 1. The Morgan fingerprint density at radius 2 is 1.89 bits per heavy atom. The van der Waals surface area contributed by atoms with Gasteiger partial charge >= 0.3 is 0 Å². The summed E-state index contributed by atoms with van der Waals surface area (Å²) in [5, 5.41) is 0. The van der Waals surface area contributed by atoms with Crippen LogP contribution in [0.4, 0.5) is 5.82 Å². The summed E-state index contributed by atoms with van der Waals surface area (Å²) in [4.78, 5) is 7.04. The summed E-state index contributed by atoms with van der Waals surface area (Å²) in [6, 6.07) is 11.9. The van der Waals surface area contributed by atoms with Gasteiger partial charge in [-0.25, -0.2) is 13.4 Å². The first-order valence-electron chi connectivity index (χ1n) is 9.46. The summed E-state index contributed by atoms with van der Waals surface area (Å²) < 4.78 is 32.3. The molecule has 1 unspecified atom stereocenters. The summed E-state index contributed by atoms with van der Waals surface area (Å²) in [5.41, 5.74) is 1.20. The van der Waals surface area contributed by atoms with Crippen molar-refractivity contribution in [1.82, 2.24) is 9.29 Å². The molecule has 2 aliphatic heterocycles. The fourth-order valence-electron chi connectivity index (χ4n) is 4.01. The van der Waals surface area contributed by atoms with E-state index >= 15 is 0 Å². The van der Waals surface area contributed by atoms with Gasteiger partial charge in [-0.05, 0) is 55.5 Å². The highest BCUT2D eigenvalue weighted by molar-refractivity contribution is 7.89. The van der Waals surface area contributed by atoms with E-state index in [-0.39, 0.29) is 10.9 Å². The first-order chi connectivity index (χ1) is 13.1. The summed E-state index contributed by atoms with van der Waals surface area (Å²) in [6.45, 7) is 2.12. The molecule has 6 nitrogen and oxygen atoms in total. The summed E-state index contributed by atoms with van der Waals surface area (Å²) in [6.07, 6.45) is 5.49. The zero-order valence-electron chi connectivity index (χ0n) is 15.5. The third-order valence-electron chi connectivity index (χ3n) is 5.45. The Morgan fingerprint density at radius 3 is 2.59 bits per heavy atom. The average Bonchev–Trinajstić information content (AvgIpc) is 3.40. The van der Waals surface area contributed by atoms with Gasteiger partial charge in [0, 0.05) is 25.8 Å². The maximum absolute atomic E-state index is 12.7. The van der Waals surface area contributed by atoms with Crippen molar-refractivity contribution in [3.63, 3.8) is 0 Å². The Balaban J connectivity index is 1.57. The van der Waals surface area contributed by atoms with Crippen LogP contribution in [0.3, 0.4) is 0 Å². The van der Waals surface area contributed by atoms with E-state index in [9.17, 15) is 8.42 Å². The van der Waals surface area contributed by atoms with Crippen LogP contribution in [0.2, 0.25) is 0 Å². The molecule has 144 valence electrons. The molecule has 1 aromatic heterocycles. The SMILES string of the molecule is COc1cccc(C2CCCN2c2ccc(S(=O)(=O)N3CCCC3)cn2)c1. The molecule has 0 bridgehead atoms. The van der Waals surface area contributed by atoms with Gasteiger partial charge in [0.05, 0.1) is 13.2 Å². The fraction of sp³-hybridized carbons (Fsp3) is 0.450. The second-order valence-electron chi connectivity index (χ2n) is 7.09. The van der Waals surface area contributed by atoms with Crippen molar-refractivity contribution < 1.29 is 13.2 Å². The molecule has 0 saturated carbocycles. The molecule has 27 heavy (non-hydrogen) atoms. The first kappa shape index (κ1) is 18.3. The number of hydrogen-bond donors (Lipinski definition) is 0. The number of hydrogen-bond acceptors (Lipinski definition) is 5. The molecule has 1 atom stereocenters. The Hall–Kier alpha value is -2.12. The van der Waals surface area contributed by atoms with Gasteiger partial charge in [-0.15, -0.1) is 0 Å². The highest BCUT2D eigenvalue weighted by Gasteiger charge is 2.30. The topological polar surface area (TPSA) is 62.7 Å². The first-order valence-corrected chi connectivity index (χ1v) is 10.9. The second kappa shape index (κ2) is 7.48. The van der Waals surface area contributed by atoms with Crippen LogP contribution in [0.25, 0.3) is 0 Å². The lowest BCUT2D eigenvalue weighted by Crippen LogP contribution is -2.28. The van der Waals surface area contributed by atoms with Crippen molar-refractivity contribution >= 4 is 15.8 Å². The normalized spacial score (nSPS) is 20.9. The minimum absolute atomic E-state index is 0.230. The Morgan fingerprint density at radius 1 is 1.07 bits per heavy atom. The van der Waals surface area contributed by atoms with Crippen LogP contribution < -0.4 is 9.64 Å². The van der Waals surface area contributed by atoms with Gasteiger partial charge in [-0.2, -0.15) is 4.31 Å². The highest BCUT2D eigenvalue weighted by atomic mass is 32.2. The van der Waals surface area contributed by atoms with Gasteiger partial charge in [-0.3, -0.25) is 0 Å². The zero-order valence-corrected chi connectivity index (χ0v) is 16.4. The van der Waals surface area contributed by atoms with Gasteiger partial charge in [0.1, 0.15) is 16.5 Å². The smallest absolute Gasteiger partial charge is 0.244 e. The predicted octanol–water partition coefficient (Wildman–Crippen LogP) is 3.22. The van der Waals surface area contributed by atoms with Crippen LogP contribution >= 0.6 is 0 Å². The molecule has 1 aromatic carbocycles. The molecule has 2 aliphatic rings. The standard InChI is InChI=1S/C20H25N3O3S/c1-26-17-7-4-6-16(14-17)19-8-5-13-23(19)20-10-9-18(15-21-20)27(24,25)22-11-2-3-12-22/h4,6-7,9-10,14-15,19H,2-3,5,8,11-13H2,1H3. The molecule has 2 fully saturated rings. The van der Waals surface area contributed by atoms with Crippen molar-refractivity contribution in [1.29, 1.82) is 0 Å². The molecule has 3 heterocycles. The van der Waals surface area contributed by atoms with E-state index in [0.717, 1.165) is 43.8 Å². The lowest BCUT2D eigenvalue weighted by atomic mass is 10.0. The van der Waals surface area contributed by atoms with Crippen molar-refractivity contribution in [2.75, 3.05) is 31.6 Å². The van der Waals surface area contributed by atoms with Gasteiger partial charge in [0.15, 0.2) is 0 Å². The quantitative estimate of drug-likeness (QED) is 0.788. The van der Waals surface area contributed by atoms with Crippen LogP contribution in [-0.4, -0.2) is 44.5 Å². The Labute approximate surface area is 160 Å². The Bertz CT molecular complexity index is 893. The highest BCUT2D eigenvalue weighted by Crippen LogP contribution is 2.36. The third kappa shape index (κ3) is 3.53. The van der Waals surface area contributed by atoms with Crippen molar-refractivity contribution in [3.8, 4) is 5.75 Å². The van der Waals surface area contributed by atoms with Crippen molar-refractivity contribution in [2.45, 2.75) is 36.6 Å². The van der Waals surface area contributed by atoms with Gasteiger partial charge in [0.25, 0.3) is 0 Å². The lowest BCUT2D eigenvalue weighted by molar-refractivity contribution is 0.414. The van der Waals surface area contributed by atoms with E-state index in [1.807, 2.05) is 18.2 Å². The molecule has 2 saturated heterocycles. The van der Waals surface area contributed by atoms with Crippen LogP contribution in [0, 0.1) is 0 Å². The van der Waals surface area contributed by atoms with Crippen LogP contribution in [0.5, 0.6) is 5.75 Å². The molecule has 0 spiro atoms. The number of ether oxygens (including phenoxy) is 1. The number of pyridine rings is 1. The molecule has 7 heteroatoms. The minimum Gasteiger partial charge on any atom is -0.497 e. The number of aromatic nitrogens is 1.